The molecule has 0 saturated carbocycles. The Kier molecular flexibility index (Phi) is 3.59. The summed E-state index contributed by atoms with van der Waals surface area (Å²) in [6, 6.07) is 5.32. The highest BCUT2D eigenvalue weighted by Gasteiger charge is 2.03. The van der Waals surface area contributed by atoms with Gasteiger partial charge in [0, 0.05) is 6.42 Å². The molecule has 0 saturated heterocycles. The van der Waals surface area contributed by atoms with E-state index in [2.05, 4.69) is 4.74 Å². The lowest BCUT2D eigenvalue weighted by Crippen LogP contribution is -2.14. The van der Waals surface area contributed by atoms with E-state index in [1.165, 1.54) is 0 Å². The number of nitrogen functional groups attached to an aromatic ring is 1. The number of benzene rings is 1. The highest BCUT2D eigenvalue weighted by Crippen LogP contribution is 2.23. The van der Waals surface area contributed by atoms with E-state index in [9.17, 15) is 4.79 Å². The van der Waals surface area contributed by atoms with E-state index in [0.29, 0.717) is 17.1 Å². The van der Waals surface area contributed by atoms with Gasteiger partial charge in [0.25, 0.3) is 0 Å². The Morgan fingerprint density at radius 3 is 2.86 bits per heavy atom. The Morgan fingerprint density at radius 2 is 2.21 bits per heavy atom. The predicted molar refractivity (Wildman–Crippen MR) is 55.1 cm³/mol. The van der Waals surface area contributed by atoms with Crippen molar-refractivity contribution < 1.29 is 9.53 Å². The van der Waals surface area contributed by atoms with Crippen molar-refractivity contribution in [3.05, 3.63) is 28.8 Å². The van der Waals surface area contributed by atoms with E-state index in [0.717, 1.165) is 5.56 Å². The van der Waals surface area contributed by atoms with Crippen molar-refractivity contribution in [2.45, 2.75) is 6.42 Å². The third-order valence-corrected chi connectivity index (χ3v) is 2.19. The van der Waals surface area contributed by atoms with E-state index in [4.69, 9.17) is 23.1 Å². The van der Waals surface area contributed by atoms with Crippen LogP contribution in [0.2, 0.25) is 5.02 Å². The van der Waals surface area contributed by atoms with Gasteiger partial charge in [-0.1, -0.05) is 23.7 Å². The van der Waals surface area contributed by atoms with Gasteiger partial charge in [-0.05, 0) is 11.6 Å². The summed E-state index contributed by atoms with van der Waals surface area (Å²) in [6.45, 7) is 0.207. The summed E-state index contributed by atoms with van der Waals surface area (Å²) < 4.78 is 4.58. The van der Waals surface area contributed by atoms with Gasteiger partial charge in [-0.3, -0.25) is 0 Å². The number of halogens is 1. The summed E-state index contributed by atoms with van der Waals surface area (Å²) in [5.74, 6) is 0. The fourth-order valence-electron chi connectivity index (χ4n) is 1.05. The van der Waals surface area contributed by atoms with E-state index < -0.39 is 6.09 Å². The van der Waals surface area contributed by atoms with Crippen LogP contribution in [0.4, 0.5) is 10.5 Å². The summed E-state index contributed by atoms with van der Waals surface area (Å²) in [5.41, 5.74) is 11.8. The van der Waals surface area contributed by atoms with Crippen LogP contribution in [0, 0.1) is 0 Å². The molecule has 0 aliphatic heterocycles. The molecule has 0 aliphatic carbocycles. The zero-order chi connectivity index (χ0) is 10.6. The minimum atomic E-state index is -0.787. The molecule has 0 heterocycles. The number of amides is 1. The van der Waals surface area contributed by atoms with Crippen molar-refractivity contribution >= 4 is 23.4 Å². The Labute approximate surface area is 86.8 Å². The third-order valence-electron chi connectivity index (χ3n) is 1.72. The topological polar surface area (TPSA) is 78.3 Å². The number of carbonyl (C=O) groups excluding carboxylic acids is 1. The first-order valence-electron chi connectivity index (χ1n) is 4.06. The second-order valence-electron chi connectivity index (χ2n) is 2.74. The molecule has 0 aromatic heterocycles. The van der Waals surface area contributed by atoms with Crippen molar-refractivity contribution in [1.82, 2.24) is 0 Å². The van der Waals surface area contributed by atoms with Crippen LogP contribution in [0.5, 0.6) is 0 Å². The minimum Gasteiger partial charge on any atom is -0.449 e. The van der Waals surface area contributed by atoms with E-state index in [1.54, 1.807) is 12.1 Å². The molecule has 0 unspecified atom stereocenters. The fourth-order valence-corrected chi connectivity index (χ4v) is 1.27. The molecule has 0 spiro atoms. The number of carbonyl (C=O) groups is 1. The van der Waals surface area contributed by atoms with Crippen LogP contribution >= 0.6 is 11.6 Å². The molecule has 4 nitrogen and oxygen atoms in total. The maximum Gasteiger partial charge on any atom is 0.404 e. The summed E-state index contributed by atoms with van der Waals surface area (Å²) in [5, 5.41) is 0.501. The molecule has 1 amide bonds. The summed E-state index contributed by atoms with van der Waals surface area (Å²) in [4.78, 5) is 10.3. The number of hydrogen-bond acceptors (Lipinski definition) is 3. The molecule has 5 heteroatoms. The number of anilines is 1. The quantitative estimate of drug-likeness (QED) is 0.750. The number of nitrogens with two attached hydrogens (primary N) is 2. The van der Waals surface area contributed by atoms with Crippen LogP contribution in [0.15, 0.2) is 18.2 Å². The molecule has 1 aromatic rings. The molecule has 14 heavy (non-hydrogen) atoms. The van der Waals surface area contributed by atoms with E-state index in [-0.39, 0.29) is 6.61 Å². The van der Waals surface area contributed by atoms with E-state index in [1.807, 2.05) is 6.07 Å². The number of hydrogen-bond donors (Lipinski definition) is 2. The van der Waals surface area contributed by atoms with Crippen LogP contribution in [0.25, 0.3) is 0 Å². The van der Waals surface area contributed by atoms with Gasteiger partial charge in [0.2, 0.25) is 0 Å². The predicted octanol–water partition coefficient (Wildman–Crippen LogP) is 1.56. The largest absolute Gasteiger partial charge is 0.449 e. The van der Waals surface area contributed by atoms with Crippen LogP contribution in [-0.4, -0.2) is 12.7 Å². The van der Waals surface area contributed by atoms with Crippen LogP contribution < -0.4 is 11.5 Å². The van der Waals surface area contributed by atoms with Gasteiger partial charge in [0.05, 0.1) is 17.3 Å². The lowest BCUT2D eigenvalue weighted by molar-refractivity contribution is 0.158. The first kappa shape index (κ1) is 10.7. The Balaban J connectivity index is 2.59. The van der Waals surface area contributed by atoms with Crippen molar-refractivity contribution in [2.24, 2.45) is 5.73 Å². The molecular weight excluding hydrogens is 204 g/mol. The normalized spacial score (nSPS) is 9.79. The monoisotopic (exact) mass is 214 g/mol. The average molecular weight is 215 g/mol. The number of primary amides is 1. The second kappa shape index (κ2) is 4.72. The van der Waals surface area contributed by atoms with Gasteiger partial charge in [0.1, 0.15) is 0 Å². The molecular formula is C9H11ClN2O2. The van der Waals surface area contributed by atoms with Crippen LogP contribution in [-0.2, 0) is 11.2 Å². The van der Waals surface area contributed by atoms with Crippen molar-refractivity contribution in [3.63, 3.8) is 0 Å². The molecule has 0 aliphatic rings. The van der Waals surface area contributed by atoms with E-state index >= 15 is 0 Å². The molecule has 0 radical (unpaired) electrons. The van der Waals surface area contributed by atoms with Gasteiger partial charge in [-0.2, -0.15) is 0 Å². The third kappa shape index (κ3) is 2.81. The molecule has 1 aromatic carbocycles. The molecule has 0 bridgehead atoms. The van der Waals surface area contributed by atoms with Gasteiger partial charge < -0.3 is 16.2 Å². The summed E-state index contributed by atoms with van der Waals surface area (Å²) in [7, 11) is 0. The maximum atomic E-state index is 10.3. The van der Waals surface area contributed by atoms with Gasteiger partial charge in [-0.15, -0.1) is 0 Å². The maximum absolute atomic E-state index is 10.3. The molecule has 0 fully saturated rings. The SMILES string of the molecule is NC(=O)OCCc1cccc(N)c1Cl. The Morgan fingerprint density at radius 1 is 1.50 bits per heavy atom. The average Bonchev–Trinajstić information content (AvgIpc) is 2.12. The van der Waals surface area contributed by atoms with Crippen molar-refractivity contribution in [3.8, 4) is 0 Å². The van der Waals surface area contributed by atoms with Gasteiger partial charge >= 0.3 is 6.09 Å². The lowest BCUT2D eigenvalue weighted by atomic mass is 10.1. The second-order valence-corrected chi connectivity index (χ2v) is 3.12. The molecule has 4 N–H and O–H groups in total. The first-order valence-corrected chi connectivity index (χ1v) is 4.44. The first-order chi connectivity index (χ1) is 6.61. The van der Waals surface area contributed by atoms with Crippen LogP contribution in [0.3, 0.4) is 0 Å². The van der Waals surface area contributed by atoms with Crippen LogP contribution in [0.1, 0.15) is 5.56 Å². The minimum absolute atomic E-state index is 0.207. The number of ether oxygens (including phenoxy) is 1. The smallest absolute Gasteiger partial charge is 0.404 e. The number of rotatable bonds is 3. The van der Waals surface area contributed by atoms with Crippen molar-refractivity contribution in [1.29, 1.82) is 0 Å². The zero-order valence-electron chi connectivity index (χ0n) is 7.50. The highest BCUT2D eigenvalue weighted by molar-refractivity contribution is 6.33. The van der Waals surface area contributed by atoms with Crippen molar-refractivity contribution in [2.75, 3.05) is 12.3 Å². The highest BCUT2D eigenvalue weighted by atomic mass is 35.5. The molecule has 0 atom stereocenters. The summed E-state index contributed by atoms with van der Waals surface area (Å²) in [6.07, 6.45) is -0.280. The van der Waals surface area contributed by atoms with Gasteiger partial charge in [-0.25, -0.2) is 4.79 Å². The lowest BCUT2D eigenvalue weighted by Gasteiger charge is -2.06. The fraction of sp³-hybridized carbons (Fsp3) is 0.222. The summed E-state index contributed by atoms with van der Waals surface area (Å²) >= 11 is 5.91. The molecule has 76 valence electrons. The van der Waals surface area contributed by atoms with Gasteiger partial charge in [0.15, 0.2) is 0 Å². The Bertz CT molecular complexity index is 342. The Hall–Kier alpha value is -1.42. The molecule has 1 rings (SSSR count). The standard InChI is InChI=1S/C9H11ClN2O2/c10-8-6(2-1-3-7(8)11)4-5-14-9(12)13/h1-3H,4-5,11H2,(H2,12,13). The zero-order valence-corrected chi connectivity index (χ0v) is 8.25.